The Morgan fingerprint density at radius 1 is 0.750 bits per heavy atom. The van der Waals surface area contributed by atoms with Crippen molar-refractivity contribution in [2.45, 2.75) is 0 Å². The van der Waals surface area contributed by atoms with Gasteiger partial charge in [-0.25, -0.2) is 4.79 Å². The number of benzene rings is 2. The summed E-state index contributed by atoms with van der Waals surface area (Å²) in [7, 11) is 0. The van der Waals surface area contributed by atoms with Crippen LogP contribution in [0.25, 0.3) is 59.8 Å². The van der Waals surface area contributed by atoms with Crippen LogP contribution in [0, 0.1) is 0 Å². The Labute approximate surface area is 156 Å². The summed E-state index contributed by atoms with van der Waals surface area (Å²) in [5, 5.41) is 6.69. The summed E-state index contributed by atoms with van der Waals surface area (Å²) in [5.74, 6) is 0. The fourth-order valence-corrected chi connectivity index (χ4v) is 4.67. The van der Waals surface area contributed by atoms with Crippen molar-refractivity contribution in [3.05, 3.63) is 77.7 Å². The molecular formula is C23H11N3O2. The molecule has 7 aromatic rings. The minimum absolute atomic E-state index is 0.315. The number of fused-ring (bicyclic) bond motifs is 10. The highest BCUT2D eigenvalue weighted by molar-refractivity contribution is 6.34. The van der Waals surface area contributed by atoms with E-state index in [1.807, 2.05) is 54.9 Å². The van der Waals surface area contributed by atoms with Gasteiger partial charge in [0.1, 0.15) is 5.58 Å². The molecule has 0 saturated heterocycles. The van der Waals surface area contributed by atoms with Gasteiger partial charge in [-0.05, 0) is 24.3 Å². The van der Waals surface area contributed by atoms with Crippen molar-refractivity contribution in [1.82, 2.24) is 14.4 Å². The normalized spacial score (nSPS) is 12.4. The van der Waals surface area contributed by atoms with Gasteiger partial charge in [0, 0.05) is 44.7 Å². The van der Waals surface area contributed by atoms with Gasteiger partial charge in [-0.2, -0.15) is 0 Å². The second-order valence-corrected chi connectivity index (χ2v) is 7.08. The molecule has 0 aliphatic heterocycles. The maximum Gasteiger partial charge on any atom is 0.344 e. The summed E-state index contributed by atoms with van der Waals surface area (Å²) in [5.41, 5.74) is 3.39. The molecule has 0 unspecified atom stereocenters. The first-order valence-electron chi connectivity index (χ1n) is 9.04. The maximum absolute atomic E-state index is 12.9. The minimum atomic E-state index is -0.315. The molecule has 2 aromatic carbocycles. The van der Waals surface area contributed by atoms with Crippen molar-refractivity contribution >= 4 is 59.8 Å². The number of pyridine rings is 2. The second kappa shape index (κ2) is 4.64. The van der Waals surface area contributed by atoms with E-state index in [0.717, 1.165) is 48.9 Å². The highest BCUT2D eigenvalue weighted by Crippen LogP contribution is 2.43. The monoisotopic (exact) mass is 361 g/mol. The molecule has 0 saturated carbocycles. The van der Waals surface area contributed by atoms with Crippen molar-refractivity contribution in [2.75, 3.05) is 0 Å². The first kappa shape index (κ1) is 14.1. The van der Waals surface area contributed by atoms with E-state index in [1.165, 1.54) is 0 Å². The first-order chi connectivity index (χ1) is 13.8. The zero-order valence-corrected chi connectivity index (χ0v) is 14.5. The van der Waals surface area contributed by atoms with Crippen LogP contribution in [0.4, 0.5) is 0 Å². The smallest absolute Gasteiger partial charge is 0.344 e. The molecule has 7 rings (SSSR count). The van der Waals surface area contributed by atoms with E-state index >= 15 is 0 Å². The van der Waals surface area contributed by atoms with Gasteiger partial charge in [-0.3, -0.25) is 9.97 Å². The average molecular weight is 361 g/mol. The van der Waals surface area contributed by atoms with Crippen LogP contribution in [0.5, 0.6) is 0 Å². The molecule has 0 amide bonds. The average Bonchev–Trinajstić information content (AvgIpc) is 3.25. The van der Waals surface area contributed by atoms with Crippen molar-refractivity contribution < 1.29 is 4.42 Å². The van der Waals surface area contributed by atoms with Gasteiger partial charge in [0.15, 0.2) is 0 Å². The fourth-order valence-electron chi connectivity index (χ4n) is 4.67. The van der Waals surface area contributed by atoms with Crippen LogP contribution in [-0.2, 0) is 0 Å². The third kappa shape index (κ3) is 1.48. The van der Waals surface area contributed by atoms with Crippen LogP contribution < -0.4 is 5.63 Å². The van der Waals surface area contributed by atoms with Crippen LogP contribution >= 0.6 is 0 Å². The van der Waals surface area contributed by atoms with Gasteiger partial charge in [0.2, 0.25) is 0 Å². The van der Waals surface area contributed by atoms with Gasteiger partial charge in [-0.15, -0.1) is 0 Å². The Morgan fingerprint density at radius 3 is 2.36 bits per heavy atom. The first-order valence-corrected chi connectivity index (χ1v) is 9.04. The van der Waals surface area contributed by atoms with E-state index in [9.17, 15) is 4.79 Å². The molecule has 5 nitrogen and oxygen atoms in total. The Kier molecular flexibility index (Phi) is 2.34. The SMILES string of the molecule is O=c1oc2ccccc2c2c1cc1c3ccncc3n3c4cnccc4c2c13. The van der Waals surface area contributed by atoms with Crippen molar-refractivity contribution in [1.29, 1.82) is 0 Å². The quantitative estimate of drug-likeness (QED) is 0.285. The molecule has 5 heteroatoms. The molecule has 0 bridgehead atoms. The van der Waals surface area contributed by atoms with Crippen LogP contribution in [0.3, 0.4) is 0 Å². The summed E-state index contributed by atoms with van der Waals surface area (Å²) >= 11 is 0. The summed E-state index contributed by atoms with van der Waals surface area (Å²) < 4.78 is 7.84. The number of aromatic nitrogens is 3. The number of nitrogens with zero attached hydrogens (tertiary/aromatic N) is 3. The lowest BCUT2D eigenvalue weighted by molar-refractivity contribution is 0.570. The lowest BCUT2D eigenvalue weighted by Crippen LogP contribution is -2.00. The Balaban J connectivity index is 2.00. The lowest BCUT2D eigenvalue weighted by atomic mass is 9.99. The second-order valence-electron chi connectivity index (χ2n) is 7.08. The van der Waals surface area contributed by atoms with Crippen LogP contribution in [0.15, 0.2) is 76.5 Å². The highest BCUT2D eigenvalue weighted by Gasteiger charge is 2.22. The maximum atomic E-state index is 12.9. The number of hydrogen-bond donors (Lipinski definition) is 0. The van der Waals surface area contributed by atoms with Gasteiger partial charge in [0.05, 0.1) is 34.3 Å². The number of hydrogen-bond acceptors (Lipinski definition) is 4. The van der Waals surface area contributed by atoms with Gasteiger partial charge < -0.3 is 8.82 Å². The van der Waals surface area contributed by atoms with Crippen molar-refractivity contribution in [2.24, 2.45) is 0 Å². The molecule has 0 aliphatic rings. The molecule has 0 fully saturated rings. The Hall–Kier alpha value is -3.99. The molecule has 0 N–H and O–H groups in total. The Morgan fingerprint density at radius 2 is 1.50 bits per heavy atom. The predicted molar refractivity (Wildman–Crippen MR) is 110 cm³/mol. The highest BCUT2D eigenvalue weighted by atomic mass is 16.4. The number of para-hydroxylation sites is 1. The van der Waals surface area contributed by atoms with Gasteiger partial charge in [0.25, 0.3) is 0 Å². The molecule has 0 atom stereocenters. The summed E-state index contributed by atoms with van der Waals surface area (Å²) in [6.07, 6.45) is 7.32. The standard InChI is InChI=1S/C23H11N3O2/c27-23-16-9-15-12-5-7-24-10-17(12)26-18-11-25-8-6-13(18)21(22(15)26)20(16)14-3-1-2-4-19(14)28-23/h1-11H. The molecule has 28 heavy (non-hydrogen) atoms. The Bertz CT molecular complexity index is 1790. The van der Waals surface area contributed by atoms with Crippen LogP contribution in [-0.4, -0.2) is 14.4 Å². The van der Waals surface area contributed by atoms with Crippen LogP contribution in [0.1, 0.15) is 0 Å². The van der Waals surface area contributed by atoms with Crippen molar-refractivity contribution in [3.8, 4) is 0 Å². The number of rotatable bonds is 0. The lowest BCUT2D eigenvalue weighted by Gasteiger charge is -2.05. The largest absolute Gasteiger partial charge is 0.422 e. The summed E-state index contributed by atoms with van der Waals surface area (Å²) in [4.78, 5) is 21.6. The zero-order valence-electron chi connectivity index (χ0n) is 14.5. The molecule has 130 valence electrons. The third-order valence-corrected chi connectivity index (χ3v) is 5.74. The van der Waals surface area contributed by atoms with E-state index in [1.54, 1.807) is 12.4 Å². The summed E-state index contributed by atoms with van der Waals surface area (Å²) in [6.45, 7) is 0. The molecular weight excluding hydrogens is 350 g/mol. The molecule has 0 radical (unpaired) electrons. The van der Waals surface area contributed by atoms with Crippen LogP contribution in [0.2, 0.25) is 0 Å². The summed E-state index contributed by atoms with van der Waals surface area (Å²) in [6, 6.07) is 13.7. The molecule has 5 heterocycles. The van der Waals surface area contributed by atoms with E-state index in [4.69, 9.17) is 4.42 Å². The zero-order chi connectivity index (χ0) is 18.4. The van der Waals surface area contributed by atoms with E-state index in [0.29, 0.717) is 11.0 Å². The predicted octanol–water partition coefficient (Wildman–Crippen LogP) is 4.89. The van der Waals surface area contributed by atoms with Crippen molar-refractivity contribution in [3.63, 3.8) is 0 Å². The molecule has 0 aliphatic carbocycles. The van der Waals surface area contributed by atoms with Gasteiger partial charge in [-0.1, -0.05) is 18.2 Å². The topological polar surface area (TPSA) is 60.4 Å². The third-order valence-electron chi connectivity index (χ3n) is 5.74. The fraction of sp³-hybridized carbons (Fsp3) is 0. The minimum Gasteiger partial charge on any atom is -0.422 e. The molecule has 5 aromatic heterocycles. The van der Waals surface area contributed by atoms with E-state index in [2.05, 4.69) is 14.4 Å². The van der Waals surface area contributed by atoms with Gasteiger partial charge >= 0.3 is 5.63 Å². The van der Waals surface area contributed by atoms with E-state index < -0.39 is 0 Å². The van der Waals surface area contributed by atoms with E-state index in [-0.39, 0.29) is 5.63 Å². The molecule has 0 spiro atoms.